The maximum absolute atomic E-state index is 12.0. The molecule has 4 rings (SSSR count). The molecule has 136 valence electrons. The topological polar surface area (TPSA) is 63.2 Å². The van der Waals surface area contributed by atoms with Crippen LogP contribution in [0.1, 0.15) is 31.2 Å². The van der Waals surface area contributed by atoms with E-state index in [1.165, 1.54) is 0 Å². The molecule has 1 spiro atoms. The SMILES string of the molecule is O=C(NCc1ccc(Cl)cc1)NC1CC2(C1)CC(Oc1cccnc1)C2. The third-order valence-electron chi connectivity index (χ3n) is 5.32. The Morgan fingerprint density at radius 3 is 2.65 bits per heavy atom. The number of halogens is 1. The van der Waals surface area contributed by atoms with E-state index in [1.807, 2.05) is 36.4 Å². The van der Waals surface area contributed by atoms with E-state index in [9.17, 15) is 4.79 Å². The summed E-state index contributed by atoms with van der Waals surface area (Å²) in [5.41, 5.74) is 1.39. The third kappa shape index (κ3) is 3.93. The molecule has 0 unspecified atom stereocenters. The van der Waals surface area contributed by atoms with E-state index in [4.69, 9.17) is 16.3 Å². The molecule has 0 saturated heterocycles. The van der Waals surface area contributed by atoms with Crippen molar-refractivity contribution >= 4 is 17.6 Å². The summed E-state index contributed by atoms with van der Waals surface area (Å²) in [4.78, 5) is 16.1. The van der Waals surface area contributed by atoms with Gasteiger partial charge in [-0.3, -0.25) is 4.98 Å². The second kappa shape index (κ2) is 7.16. The first-order valence-corrected chi connectivity index (χ1v) is 9.34. The molecule has 2 aliphatic rings. The predicted molar refractivity (Wildman–Crippen MR) is 100 cm³/mol. The summed E-state index contributed by atoms with van der Waals surface area (Å²) in [5, 5.41) is 6.65. The van der Waals surface area contributed by atoms with Crippen LogP contribution in [-0.2, 0) is 6.54 Å². The van der Waals surface area contributed by atoms with Gasteiger partial charge in [0, 0.05) is 23.8 Å². The Morgan fingerprint density at radius 2 is 1.96 bits per heavy atom. The maximum Gasteiger partial charge on any atom is 0.315 e. The van der Waals surface area contributed by atoms with Crippen molar-refractivity contribution < 1.29 is 9.53 Å². The first kappa shape index (κ1) is 17.2. The molecule has 2 saturated carbocycles. The standard InChI is InChI=1S/C20H22ClN3O2/c21-15-5-3-14(4-6-15)12-23-19(25)24-16-8-20(9-16)10-18(11-20)26-17-2-1-7-22-13-17/h1-7,13,16,18H,8-12H2,(H2,23,24,25). The molecule has 5 nitrogen and oxygen atoms in total. The van der Waals surface area contributed by atoms with Crippen molar-refractivity contribution in [1.82, 2.24) is 15.6 Å². The van der Waals surface area contributed by atoms with Crippen molar-refractivity contribution in [3.63, 3.8) is 0 Å². The number of rotatable bonds is 5. The number of aromatic nitrogens is 1. The van der Waals surface area contributed by atoms with Gasteiger partial charge in [-0.1, -0.05) is 23.7 Å². The molecule has 2 aromatic rings. The molecular weight excluding hydrogens is 350 g/mol. The lowest BCUT2D eigenvalue weighted by Crippen LogP contribution is -2.59. The summed E-state index contributed by atoms with van der Waals surface area (Å²) in [6.07, 6.45) is 7.97. The first-order valence-electron chi connectivity index (χ1n) is 8.96. The number of carbonyl (C=O) groups excluding carboxylic acids is 1. The number of hydrogen-bond donors (Lipinski definition) is 2. The summed E-state index contributed by atoms with van der Waals surface area (Å²) in [6.45, 7) is 0.502. The van der Waals surface area contributed by atoms with Gasteiger partial charge in [0.1, 0.15) is 5.75 Å². The highest BCUT2D eigenvalue weighted by Gasteiger charge is 2.54. The number of amides is 2. The third-order valence-corrected chi connectivity index (χ3v) is 5.57. The zero-order valence-corrected chi connectivity index (χ0v) is 15.2. The molecule has 2 fully saturated rings. The van der Waals surface area contributed by atoms with Gasteiger partial charge in [-0.05, 0) is 60.9 Å². The molecule has 0 radical (unpaired) electrons. The van der Waals surface area contributed by atoms with Crippen LogP contribution in [0, 0.1) is 5.41 Å². The van der Waals surface area contributed by atoms with Gasteiger partial charge in [0.15, 0.2) is 0 Å². The lowest BCUT2D eigenvalue weighted by Gasteiger charge is -2.57. The second-order valence-corrected chi connectivity index (χ2v) is 7.83. The number of carbonyl (C=O) groups is 1. The van der Waals surface area contributed by atoms with Gasteiger partial charge in [-0.25, -0.2) is 4.79 Å². The highest BCUT2D eigenvalue weighted by Crippen LogP contribution is 2.56. The quantitative estimate of drug-likeness (QED) is 0.837. The largest absolute Gasteiger partial charge is 0.489 e. The van der Waals surface area contributed by atoms with Crippen molar-refractivity contribution in [2.24, 2.45) is 5.41 Å². The highest BCUT2D eigenvalue weighted by molar-refractivity contribution is 6.30. The number of pyridine rings is 1. The molecule has 1 aromatic heterocycles. The summed E-state index contributed by atoms with van der Waals surface area (Å²) in [6, 6.07) is 11.5. The molecule has 2 aliphatic carbocycles. The van der Waals surface area contributed by atoms with Crippen LogP contribution < -0.4 is 15.4 Å². The van der Waals surface area contributed by atoms with Crippen LogP contribution in [0.2, 0.25) is 5.02 Å². The fourth-order valence-electron chi connectivity index (χ4n) is 4.04. The molecule has 26 heavy (non-hydrogen) atoms. The van der Waals surface area contributed by atoms with Gasteiger partial charge in [-0.15, -0.1) is 0 Å². The minimum atomic E-state index is -0.109. The molecule has 2 N–H and O–H groups in total. The summed E-state index contributed by atoms with van der Waals surface area (Å²) >= 11 is 5.86. The van der Waals surface area contributed by atoms with Crippen LogP contribution in [0.25, 0.3) is 0 Å². The van der Waals surface area contributed by atoms with Crippen molar-refractivity contribution in [2.45, 2.75) is 44.4 Å². The fraction of sp³-hybridized carbons (Fsp3) is 0.400. The smallest absolute Gasteiger partial charge is 0.315 e. The van der Waals surface area contributed by atoms with E-state index < -0.39 is 0 Å². The zero-order chi connectivity index (χ0) is 18.0. The first-order chi connectivity index (χ1) is 12.6. The number of benzene rings is 1. The van der Waals surface area contributed by atoms with Gasteiger partial charge in [0.25, 0.3) is 0 Å². The molecule has 0 atom stereocenters. The zero-order valence-electron chi connectivity index (χ0n) is 14.5. The average Bonchev–Trinajstić information content (AvgIpc) is 2.58. The number of nitrogens with zero attached hydrogens (tertiary/aromatic N) is 1. The number of urea groups is 1. The van der Waals surface area contributed by atoms with Crippen LogP contribution >= 0.6 is 11.6 Å². The maximum atomic E-state index is 12.0. The minimum Gasteiger partial charge on any atom is -0.489 e. The Kier molecular flexibility index (Phi) is 4.72. The normalized spacial score (nSPS) is 26.5. The van der Waals surface area contributed by atoms with E-state index in [0.717, 1.165) is 37.0 Å². The van der Waals surface area contributed by atoms with E-state index in [0.29, 0.717) is 17.0 Å². The average molecular weight is 372 g/mol. The lowest BCUT2D eigenvalue weighted by molar-refractivity contribution is -0.0829. The van der Waals surface area contributed by atoms with Crippen LogP contribution in [0.15, 0.2) is 48.8 Å². The molecular formula is C20H22ClN3O2. The van der Waals surface area contributed by atoms with Crippen LogP contribution in [-0.4, -0.2) is 23.2 Å². The molecule has 6 heteroatoms. The van der Waals surface area contributed by atoms with Crippen LogP contribution in [0.5, 0.6) is 5.75 Å². The number of hydrogen-bond acceptors (Lipinski definition) is 3. The van der Waals surface area contributed by atoms with Gasteiger partial charge in [-0.2, -0.15) is 0 Å². The van der Waals surface area contributed by atoms with E-state index in [-0.39, 0.29) is 18.2 Å². The molecule has 1 heterocycles. The molecule has 0 aliphatic heterocycles. The number of nitrogens with one attached hydrogen (secondary N) is 2. The van der Waals surface area contributed by atoms with Crippen molar-refractivity contribution in [3.8, 4) is 5.75 Å². The van der Waals surface area contributed by atoms with Crippen molar-refractivity contribution in [3.05, 3.63) is 59.4 Å². The Morgan fingerprint density at radius 1 is 1.19 bits per heavy atom. The van der Waals surface area contributed by atoms with E-state index in [1.54, 1.807) is 12.4 Å². The number of ether oxygens (including phenoxy) is 1. The van der Waals surface area contributed by atoms with E-state index in [2.05, 4.69) is 15.6 Å². The van der Waals surface area contributed by atoms with Gasteiger partial charge < -0.3 is 15.4 Å². The summed E-state index contributed by atoms with van der Waals surface area (Å²) in [7, 11) is 0. The second-order valence-electron chi connectivity index (χ2n) is 7.40. The van der Waals surface area contributed by atoms with Gasteiger partial charge in [0.2, 0.25) is 0 Å². The van der Waals surface area contributed by atoms with Crippen LogP contribution in [0.4, 0.5) is 4.79 Å². The van der Waals surface area contributed by atoms with Crippen molar-refractivity contribution in [2.75, 3.05) is 0 Å². The Labute approximate surface area is 158 Å². The van der Waals surface area contributed by atoms with Crippen LogP contribution in [0.3, 0.4) is 0 Å². The lowest BCUT2D eigenvalue weighted by atomic mass is 9.53. The molecule has 1 aromatic carbocycles. The van der Waals surface area contributed by atoms with E-state index >= 15 is 0 Å². The Balaban J connectivity index is 1.14. The van der Waals surface area contributed by atoms with Gasteiger partial charge in [0.05, 0.1) is 12.3 Å². The highest BCUT2D eigenvalue weighted by atomic mass is 35.5. The predicted octanol–water partition coefficient (Wildman–Crippen LogP) is 3.92. The monoisotopic (exact) mass is 371 g/mol. The van der Waals surface area contributed by atoms with Crippen molar-refractivity contribution in [1.29, 1.82) is 0 Å². The Hall–Kier alpha value is -2.27. The fourth-order valence-corrected chi connectivity index (χ4v) is 4.17. The van der Waals surface area contributed by atoms with Gasteiger partial charge >= 0.3 is 6.03 Å². The minimum absolute atomic E-state index is 0.109. The molecule has 0 bridgehead atoms. The Bertz CT molecular complexity index is 752. The summed E-state index contributed by atoms with van der Waals surface area (Å²) in [5.74, 6) is 0.836. The summed E-state index contributed by atoms with van der Waals surface area (Å²) < 4.78 is 5.92. The molecule has 2 amide bonds.